The van der Waals surface area contributed by atoms with Crippen LogP contribution in [0.1, 0.15) is 46.9 Å². The first-order valence-corrected chi connectivity index (χ1v) is 13.2. The zero-order valence-corrected chi connectivity index (χ0v) is 22.2. The molecule has 0 saturated carbocycles. The van der Waals surface area contributed by atoms with Crippen LogP contribution in [0.2, 0.25) is 0 Å². The number of rotatable bonds is 7. The summed E-state index contributed by atoms with van der Waals surface area (Å²) in [5, 5.41) is 11.7. The topological polar surface area (TPSA) is 103 Å². The Labute approximate surface area is 228 Å². The maximum absolute atomic E-state index is 11.7. The van der Waals surface area contributed by atoms with Gasteiger partial charge in [0.2, 0.25) is 0 Å². The molecule has 0 aliphatic carbocycles. The Kier molecular flexibility index (Phi) is 7.72. The predicted octanol–water partition coefficient (Wildman–Crippen LogP) is 6.72. The number of ether oxygens (including phenoxy) is 3. The van der Waals surface area contributed by atoms with E-state index in [0.29, 0.717) is 12.4 Å². The molecule has 4 N–H and O–H groups in total. The highest BCUT2D eigenvalue weighted by molar-refractivity contribution is 5.96. The van der Waals surface area contributed by atoms with Crippen LogP contribution < -0.4 is 20.4 Å². The molecule has 1 fully saturated rings. The van der Waals surface area contributed by atoms with Gasteiger partial charge in [0.25, 0.3) is 0 Å². The SMILES string of the molecule is COc1ccc2c3c(ccc2c1)-c1ccc(C(=O)O)cc1OC3c1ccc(OCCN2CCCCC2)cc1.N. The van der Waals surface area contributed by atoms with Gasteiger partial charge in [-0.05, 0) is 90.3 Å². The van der Waals surface area contributed by atoms with Crippen LogP contribution >= 0.6 is 0 Å². The molecule has 0 bridgehead atoms. The third-order valence-electron chi connectivity index (χ3n) is 7.60. The molecule has 4 aromatic carbocycles. The molecule has 6 rings (SSSR count). The zero-order valence-electron chi connectivity index (χ0n) is 22.2. The maximum Gasteiger partial charge on any atom is 0.335 e. The number of likely N-dealkylation sites (tertiary alicyclic amines) is 1. The second-order valence-electron chi connectivity index (χ2n) is 9.95. The summed E-state index contributed by atoms with van der Waals surface area (Å²) in [6, 6.07) is 23.4. The van der Waals surface area contributed by atoms with Crippen molar-refractivity contribution in [1.29, 1.82) is 0 Å². The molecule has 0 aromatic heterocycles. The summed E-state index contributed by atoms with van der Waals surface area (Å²) in [5.41, 5.74) is 4.15. The minimum atomic E-state index is -0.976. The Hall–Kier alpha value is -4.07. The lowest BCUT2D eigenvalue weighted by molar-refractivity contribution is 0.0696. The van der Waals surface area contributed by atoms with E-state index in [1.54, 1.807) is 19.2 Å². The molecule has 0 amide bonds. The Balaban J connectivity index is 0.00000308. The first-order chi connectivity index (χ1) is 18.6. The first kappa shape index (κ1) is 26.5. The van der Waals surface area contributed by atoms with Crippen molar-refractivity contribution in [2.75, 3.05) is 33.4 Å². The number of carboxylic acid groups (broad SMARTS) is 1. The molecular weight excluding hydrogens is 492 g/mol. The molecule has 0 radical (unpaired) electrons. The van der Waals surface area contributed by atoms with Gasteiger partial charge < -0.3 is 25.5 Å². The molecule has 1 saturated heterocycles. The van der Waals surface area contributed by atoms with Crippen molar-refractivity contribution in [2.24, 2.45) is 0 Å². The molecule has 1 atom stereocenters. The van der Waals surface area contributed by atoms with E-state index in [1.165, 1.54) is 19.3 Å². The Bertz CT molecular complexity index is 1480. The molecule has 4 aromatic rings. The van der Waals surface area contributed by atoms with Crippen molar-refractivity contribution >= 4 is 16.7 Å². The van der Waals surface area contributed by atoms with Crippen LogP contribution in [0.5, 0.6) is 17.2 Å². The van der Waals surface area contributed by atoms with Crippen LogP contribution in [-0.2, 0) is 0 Å². The minimum Gasteiger partial charge on any atom is -0.497 e. The van der Waals surface area contributed by atoms with E-state index in [4.69, 9.17) is 14.2 Å². The number of aromatic carboxylic acids is 1. The van der Waals surface area contributed by atoms with E-state index >= 15 is 0 Å². The van der Waals surface area contributed by atoms with Crippen LogP contribution in [0.15, 0.2) is 72.8 Å². The van der Waals surface area contributed by atoms with E-state index in [-0.39, 0.29) is 11.7 Å². The lowest BCUT2D eigenvalue weighted by atomic mass is 9.85. The first-order valence-electron chi connectivity index (χ1n) is 13.2. The number of methoxy groups -OCH3 is 1. The van der Waals surface area contributed by atoms with Gasteiger partial charge in [-0.2, -0.15) is 0 Å². The molecule has 2 aliphatic heterocycles. The number of fused-ring (bicyclic) bond motifs is 5. The molecule has 202 valence electrons. The van der Waals surface area contributed by atoms with Gasteiger partial charge >= 0.3 is 5.97 Å². The molecule has 7 nitrogen and oxygen atoms in total. The van der Waals surface area contributed by atoms with Gasteiger partial charge in [0.15, 0.2) is 6.10 Å². The lowest BCUT2D eigenvalue weighted by Crippen LogP contribution is -2.33. The monoisotopic (exact) mass is 526 g/mol. The van der Waals surface area contributed by atoms with E-state index in [9.17, 15) is 9.90 Å². The second kappa shape index (κ2) is 11.4. The predicted molar refractivity (Wildman–Crippen MR) is 153 cm³/mol. The summed E-state index contributed by atoms with van der Waals surface area (Å²) >= 11 is 0. The van der Waals surface area contributed by atoms with E-state index in [2.05, 4.69) is 23.1 Å². The van der Waals surface area contributed by atoms with Crippen molar-refractivity contribution in [2.45, 2.75) is 25.4 Å². The highest BCUT2D eigenvalue weighted by atomic mass is 16.5. The Morgan fingerprint density at radius 3 is 2.41 bits per heavy atom. The summed E-state index contributed by atoms with van der Waals surface area (Å²) in [6.07, 6.45) is 3.48. The van der Waals surface area contributed by atoms with Gasteiger partial charge in [0.1, 0.15) is 23.9 Å². The van der Waals surface area contributed by atoms with Crippen molar-refractivity contribution in [3.63, 3.8) is 0 Å². The third-order valence-corrected chi connectivity index (χ3v) is 7.60. The quantitative estimate of drug-likeness (QED) is 0.275. The van der Waals surface area contributed by atoms with Crippen LogP contribution in [0, 0.1) is 0 Å². The Morgan fingerprint density at radius 2 is 1.67 bits per heavy atom. The maximum atomic E-state index is 11.7. The number of benzene rings is 4. The van der Waals surface area contributed by atoms with E-state index in [0.717, 1.165) is 64.2 Å². The number of carbonyl (C=O) groups is 1. The van der Waals surface area contributed by atoms with Crippen LogP contribution in [0.4, 0.5) is 0 Å². The standard InChI is InChI=1S/C32H31NO5.H3N/c1-36-25-11-14-26-22(19-25)7-13-28-27-12-8-23(32(34)35)20-29(27)38-31(30(26)28)21-5-9-24(10-6-21)37-18-17-33-15-3-2-4-16-33;/h5-14,19-20,31H,2-4,15-18H2,1H3,(H,34,35);1H3. The van der Waals surface area contributed by atoms with Crippen LogP contribution in [0.3, 0.4) is 0 Å². The van der Waals surface area contributed by atoms with Gasteiger partial charge in [-0.1, -0.05) is 36.8 Å². The fourth-order valence-electron chi connectivity index (χ4n) is 5.59. The second-order valence-corrected chi connectivity index (χ2v) is 9.95. The highest BCUT2D eigenvalue weighted by Gasteiger charge is 2.30. The molecule has 1 unspecified atom stereocenters. The lowest BCUT2D eigenvalue weighted by Gasteiger charge is -2.31. The average molecular weight is 527 g/mol. The summed E-state index contributed by atoms with van der Waals surface area (Å²) in [5.74, 6) is 1.22. The van der Waals surface area contributed by atoms with Crippen molar-refractivity contribution < 1.29 is 24.1 Å². The van der Waals surface area contributed by atoms with Gasteiger partial charge in [-0.3, -0.25) is 4.90 Å². The highest BCUT2D eigenvalue weighted by Crippen LogP contribution is 2.48. The van der Waals surface area contributed by atoms with Crippen molar-refractivity contribution in [1.82, 2.24) is 11.1 Å². The van der Waals surface area contributed by atoms with Gasteiger partial charge in [0, 0.05) is 17.7 Å². The van der Waals surface area contributed by atoms with E-state index in [1.807, 2.05) is 42.5 Å². The number of hydrogen-bond acceptors (Lipinski definition) is 6. The minimum absolute atomic E-state index is 0. The third kappa shape index (κ3) is 5.28. The number of piperidine rings is 1. The summed E-state index contributed by atoms with van der Waals surface area (Å²) in [7, 11) is 1.66. The van der Waals surface area contributed by atoms with Gasteiger partial charge in [-0.15, -0.1) is 0 Å². The molecule has 2 aliphatic rings. The molecule has 7 heteroatoms. The molecule has 39 heavy (non-hydrogen) atoms. The Morgan fingerprint density at radius 1 is 0.923 bits per heavy atom. The fraction of sp³-hybridized carbons (Fsp3) is 0.281. The average Bonchev–Trinajstić information content (AvgIpc) is 2.96. The summed E-state index contributed by atoms with van der Waals surface area (Å²) < 4.78 is 18.1. The van der Waals surface area contributed by atoms with Gasteiger partial charge in [-0.25, -0.2) is 4.79 Å². The normalized spacial score (nSPS) is 16.4. The van der Waals surface area contributed by atoms with Crippen molar-refractivity contribution in [3.8, 4) is 28.4 Å². The number of nitrogens with zero attached hydrogens (tertiary/aromatic N) is 1. The number of hydrogen-bond donors (Lipinski definition) is 2. The summed E-state index contributed by atoms with van der Waals surface area (Å²) in [6.45, 7) is 3.93. The van der Waals surface area contributed by atoms with Crippen molar-refractivity contribution in [3.05, 3.63) is 89.5 Å². The molecule has 0 spiro atoms. The van der Waals surface area contributed by atoms with Crippen LogP contribution in [0.25, 0.3) is 21.9 Å². The molecular formula is C32H34N2O5. The van der Waals surface area contributed by atoms with Gasteiger partial charge in [0.05, 0.1) is 12.7 Å². The number of carboxylic acids is 1. The summed E-state index contributed by atoms with van der Waals surface area (Å²) in [4.78, 5) is 14.1. The smallest absolute Gasteiger partial charge is 0.335 e. The largest absolute Gasteiger partial charge is 0.497 e. The zero-order chi connectivity index (χ0) is 26.1. The van der Waals surface area contributed by atoms with E-state index < -0.39 is 12.1 Å². The molecule has 2 heterocycles. The van der Waals surface area contributed by atoms with Crippen LogP contribution in [-0.4, -0.2) is 49.3 Å². The fourth-order valence-corrected chi connectivity index (χ4v) is 5.59.